The summed E-state index contributed by atoms with van der Waals surface area (Å²) in [5.74, 6) is -3.56. The maximum atomic E-state index is 13.9. The number of carbonyl (C=O) groups is 2. The Labute approximate surface area is 311 Å². The van der Waals surface area contributed by atoms with E-state index in [0.717, 1.165) is 47.5 Å². The van der Waals surface area contributed by atoms with Crippen molar-refractivity contribution in [1.82, 2.24) is 10.6 Å². The summed E-state index contributed by atoms with van der Waals surface area (Å²) in [7, 11) is 0. The maximum Gasteiger partial charge on any atom is 0.301 e. The zero-order valence-electron chi connectivity index (χ0n) is 29.3. The number of hydrogen-bond donors (Lipinski definition) is 4. The Morgan fingerprint density at radius 1 is 0.564 bits per heavy atom. The topological polar surface area (TPSA) is 280 Å². The summed E-state index contributed by atoms with van der Waals surface area (Å²) in [6.07, 6.45) is -0.278. The fourth-order valence-corrected chi connectivity index (χ4v) is 5.20. The van der Waals surface area contributed by atoms with E-state index in [1.807, 2.05) is 0 Å². The minimum Gasteiger partial charge on any atom is -0.351 e. The Balaban J connectivity index is 1.72. The number of nitro groups is 4. The van der Waals surface area contributed by atoms with Crippen LogP contribution in [0.2, 0.25) is 0 Å². The van der Waals surface area contributed by atoms with Gasteiger partial charge in [-0.05, 0) is 43.5 Å². The Morgan fingerprint density at radius 3 is 1.25 bits per heavy atom. The van der Waals surface area contributed by atoms with E-state index in [-0.39, 0.29) is 42.3 Å². The van der Waals surface area contributed by atoms with Crippen LogP contribution in [-0.2, 0) is 22.7 Å². The molecule has 0 bridgehead atoms. The zero-order valence-corrected chi connectivity index (χ0v) is 29.3. The largest absolute Gasteiger partial charge is 0.351 e. The Bertz CT molecular complexity index is 2000. The van der Waals surface area contributed by atoms with Crippen LogP contribution in [0.5, 0.6) is 0 Å². The molecule has 55 heavy (non-hydrogen) atoms. The van der Waals surface area contributed by atoms with Gasteiger partial charge in [0.2, 0.25) is 11.8 Å². The van der Waals surface area contributed by atoms with Gasteiger partial charge >= 0.3 is 11.4 Å². The molecule has 0 aromatic heterocycles. The summed E-state index contributed by atoms with van der Waals surface area (Å²) >= 11 is 0. The van der Waals surface area contributed by atoms with Crippen molar-refractivity contribution in [3.8, 4) is 0 Å². The number of nitrogens with zero attached hydrogens (tertiary/aromatic N) is 6. The van der Waals surface area contributed by atoms with Crippen molar-refractivity contribution in [3.05, 3.63) is 149 Å². The van der Waals surface area contributed by atoms with Gasteiger partial charge in [0.15, 0.2) is 0 Å². The average molecular weight is 755 g/mol. The van der Waals surface area contributed by atoms with Crippen molar-refractivity contribution in [1.29, 1.82) is 0 Å². The van der Waals surface area contributed by atoms with Crippen LogP contribution in [0.1, 0.15) is 31.4 Å². The van der Waals surface area contributed by atoms with E-state index in [2.05, 4.69) is 31.7 Å². The minimum absolute atomic E-state index is 0.0610. The summed E-state index contributed by atoms with van der Waals surface area (Å²) in [4.78, 5) is 70.4. The van der Waals surface area contributed by atoms with Crippen molar-refractivity contribution < 1.29 is 29.3 Å². The molecule has 0 spiro atoms. The summed E-state index contributed by atoms with van der Waals surface area (Å²) in [5.41, 5.74) is 3.90. The summed E-state index contributed by atoms with van der Waals surface area (Å²) in [6, 6.07) is 23.6. The fraction of sp³-hybridized carbons (Fsp3) is 0.200. The molecule has 2 unspecified atom stereocenters. The van der Waals surface area contributed by atoms with Gasteiger partial charge in [0.05, 0.1) is 43.7 Å². The van der Waals surface area contributed by atoms with Gasteiger partial charge < -0.3 is 10.6 Å². The van der Waals surface area contributed by atoms with E-state index in [1.54, 1.807) is 60.7 Å². The first-order valence-electron chi connectivity index (χ1n) is 16.3. The van der Waals surface area contributed by atoms with Gasteiger partial charge in [-0.25, -0.2) is 0 Å². The van der Waals surface area contributed by atoms with Crippen LogP contribution in [0.15, 0.2) is 107 Å². The zero-order chi connectivity index (χ0) is 40.1. The molecule has 0 aliphatic heterocycles. The van der Waals surface area contributed by atoms with Crippen LogP contribution in [0.3, 0.4) is 0 Å². The van der Waals surface area contributed by atoms with Crippen molar-refractivity contribution in [2.24, 2.45) is 22.0 Å². The van der Waals surface area contributed by atoms with E-state index < -0.39 is 66.1 Å². The number of nitrogens with one attached hydrogen (secondary N) is 4. The Kier molecular flexibility index (Phi) is 13.7. The second-order valence-electron chi connectivity index (χ2n) is 11.9. The standard InChI is InChI=1S/C35H34N10O10/c1-22(38-40-30-15-13-26(42(48)49)17-32(30)44(52)53)28(34(46)36-20-24-9-5-3-6-10-24)19-29(35(47)37-21-25-11-7-4-8-12-25)23(2)39-41-31-16-14-27(43(50)51)18-33(31)45(54)55/h3-18,28-29,40-41H,19-21H2,1-2H3,(H,36,46)(H,37,47)/b38-22-,39-23-. The molecule has 0 fully saturated rings. The second-order valence-corrected chi connectivity index (χ2v) is 11.9. The van der Waals surface area contributed by atoms with Crippen molar-refractivity contribution in [2.45, 2.75) is 33.4 Å². The smallest absolute Gasteiger partial charge is 0.301 e. The first-order valence-corrected chi connectivity index (χ1v) is 16.3. The van der Waals surface area contributed by atoms with Gasteiger partial charge in [-0.1, -0.05) is 60.7 Å². The lowest BCUT2D eigenvalue weighted by molar-refractivity contribution is -0.393. The van der Waals surface area contributed by atoms with Crippen molar-refractivity contribution >= 4 is 57.4 Å². The van der Waals surface area contributed by atoms with Crippen LogP contribution < -0.4 is 21.5 Å². The van der Waals surface area contributed by atoms with Gasteiger partial charge in [0.1, 0.15) is 11.4 Å². The molecular formula is C35H34N10O10. The molecule has 2 atom stereocenters. The third-order valence-electron chi connectivity index (χ3n) is 8.22. The average Bonchev–Trinajstić information content (AvgIpc) is 3.18. The minimum atomic E-state index is -1.19. The lowest BCUT2D eigenvalue weighted by Gasteiger charge is -2.23. The molecule has 0 heterocycles. The lowest BCUT2D eigenvalue weighted by atomic mass is 9.87. The molecule has 0 saturated heterocycles. The highest BCUT2D eigenvalue weighted by atomic mass is 16.6. The molecule has 4 aromatic rings. The van der Waals surface area contributed by atoms with Gasteiger partial charge in [0.25, 0.3) is 11.4 Å². The van der Waals surface area contributed by atoms with E-state index in [9.17, 15) is 50.0 Å². The first kappa shape index (κ1) is 40.1. The number of non-ortho nitro benzene ring substituents is 2. The molecule has 284 valence electrons. The SMILES string of the molecule is C/C(=N/Nc1ccc([N+](=O)[O-])cc1[N+](=O)[O-])C(CC(C(=O)NCc1ccccc1)/C(C)=N\Nc1ccc([N+](=O)[O-])cc1[N+](=O)[O-])C(=O)NCc1ccccc1. The van der Waals surface area contributed by atoms with Gasteiger partial charge in [0, 0.05) is 36.6 Å². The van der Waals surface area contributed by atoms with Gasteiger partial charge in [-0.3, -0.25) is 60.9 Å². The van der Waals surface area contributed by atoms with Crippen LogP contribution in [0.25, 0.3) is 0 Å². The molecule has 0 saturated carbocycles. The summed E-state index contributed by atoms with van der Waals surface area (Å²) < 4.78 is 0. The number of hydrogen-bond acceptors (Lipinski definition) is 14. The quantitative estimate of drug-likeness (QED) is 0.0529. The predicted molar refractivity (Wildman–Crippen MR) is 201 cm³/mol. The summed E-state index contributed by atoms with van der Waals surface area (Å²) in [6.45, 7) is 3.07. The Morgan fingerprint density at radius 2 is 0.927 bits per heavy atom. The number of carbonyl (C=O) groups excluding carboxylic acids is 2. The van der Waals surface area contributed by atoms with Crippen molar-refractivity contribution in [2.75, 3.05) is 10.9 Å². The lowest BCUT2D eigenvalue weighted by Crippen LogP contribution is -2.41. The highest BCUT2D eigenvalue weighted by Crippen LogP contribution is 2.31. The Hall–Kier alpha value is -7.64. The van der Waals surface area contributed by atoms with Crippen LogP contribution >= 0.6 is 0 Å². The molecule has 20 nitrogen and oxygen atoms in total. The molecule has 20 heteroatoms. The number of anilines is 2. The molecule has 0 radical (unpaired) electrons. The van der Waals surface area contributed by atoms with Crippen LogP contribution in [0, 0.1) is 52.3 Å². The first-order chi connectivity index (χ1) is 26.2. The number of amides is 2. The number of rotatable bonds is 18. The second kappa shape index (κ2) is 18.7. The highest BCUT2D eigenvalue weighted by Gasteiger charge is 2.32. The highest BCUT2D eigenvalue weighted by molar-refractivity contribution is 6.07. The third-order valence-corrected chi connectivity index (χ3v) is 8.22. The molecule has 0 aliphatic carbocycles. The maximum absolute atomic E-state index is 13.9. The third kappa shape index (κ3) is 11.2. The number of nitro benzene ring substituents is 4. The molecular weight excluding hydrogens is 720 g/mol. The molecule has 0 aliphatic rings. The molecule has 2 amide bonds. The van der Waals surface area contributed by atoms with Crippen molar-refractivity contribution in [3.63, 3.8) is 0 Å². The van der Waals surface area contributed by atoms with E-state index in [4.69, 9.17) is 0 Å². The fourth-order valence-electron chi connectivity index (χ4n) is 5.20. The normalized spacial score (nSPS) is 12.5. The van der Waals surface area contributed by atoms with Crippen LogP contribution in [0.4, 0.5) is 34.1 Å². The molecule has 4 N–H and O–H groups in total. The van der Waals surface area contributed by atoms with E-state index in [1.165, 1.54) is 13.8 Å². The number of hydrazone groups is 2. The van der Waals surface area contributed by atoms with E-state index >= 15 is 0 Å². The molecule has 4 aromatic carbocycles. The van der Waals surface area contributed by atoms with E-state index in [0.29, 0.717) is 0 Å². The molecule has 4 rings (SSSR count). The summed E-state index contributed by atoms with van der Waals surface area (Å²) in [5, 5.41) is 60.0. The monoisotopic (exact) mass is 754 g/mol. The number of benzene rings is 4. The van der Waals surface area contributed by atoms with Gasteiger partial charge in [-0.2, -0.15) is 10.2 Å². The van der Waals surface area contributed by atoms with Gasteiger partial charge in [-0.15, -0.1) is 0 Å². The van der Waals surface area contributed by atoms with Crippen LogP contribution in [-0.4, -0.2) is 42.9 Å². The predicted octanol–water partition coefficient (Wildman–Crippen LogP) is 5.85.